The number of nitrogens with two attached hydrogens (primary N) is 1. The number of nitrogens with one attached hydrogen (secondary N) is 1. The molecule has 0 unspecified atom stereocenters. The Bertz CT molecular complexity index is 1530. The van der Waals surface area contributed by atoms with Gasteiger partial charge in [-0.25, -0.2) is 23.9 Å². The molecule has 0 radical (unpaired) electrons. The van der Waals surface area contributed by atoms with Crippen molar-refractivity contribution in [3.8, 4) is 17.2 Å². The Kier molecular flexibility index (Phi) is 5.13. The Morgan fingerprint density at radius 1 is 1.31 bits per heavy atom. The topological polar surface area (TPSA) is 150 Å². The number of anilines is 2. The van der Waals surface area contributed by atoms with E-state index in [1.165, 1.54) is 23.0 Å². The predicted octanol–water partition coefficient (Wildman–Crippen LogP) is 2.32. The summed E-state index contributed by atoms with van der Waals surface area (Å²) in [6.45, 7) is 1.57. The van der Waals surface area contributed by atoms with Crippen LogP contribution in [0.5, 0.6) is 0 Å². The predicted molar refractivity (Wildman–Crippen MR) is 124 cm³/mol. The number of hydrogen-bond donors (Lipinski definition) is 2. The molecule has 5 rings (SSSR count). The van der Waals surface area contributed by atoms with Crippen LogP contribution in [0.1, 0.15) is 41.8 Å². The molecule has 0 spiro atoms. The highest BCUT2D eigenvalue weighted by molar-refractivity contribution is 7.91. The van der Waals surface area contributed by atoms with Gasteiger partial charge in [0.2, 0.25) is 0 Å². The molecule has 3 N–H and O–H groups in total. The van der Waals surface area contributed by atoms with Crippen LogP contribution in [0.2, 0.25) is 0 Å². The maximum Gasteiger partial charge on any atom is 0.352 e. The van der Waals surface area contributed by atoms with Gasteiger partial charge in [0, 0.05) is 24.4 Å². The summed E-state index contributed by atoms with van der Waals surface area (Å²) in [5.41, 5.74) is 8.92. The van der Waals surface area contributed by atoms with E-state index in [0.29, 0.717) is 35.3 Å². The van der Waals surface area contributed by atoms with Crippen molar-refractivity contribution in [3.63, 3.8) is 0 Å². The highest BCUT2D eigenvalue weighted by Gasteiger charge is 2.44. The number of carbonyl (C=O) groups is 1. The zero-order chi connectivity index (χ0) is 25.1. The van der Waals surface area contributed by atoms with Gasteiger partial charge in [-0.05, 0) is 54.2 Å². The summed E-state index contributed by atoms with van der Waals surface area (Å²) in [5.74, 6) is -0.504. The van der Waals surface area contributed by atoms with E-state index in [4.69, 9.17) is 5.73 Å². The second kappa shape index (κ2) is 7.95. The Balaban J connectivity index is 1.80. The molecule has 0 aliphatic carbocycles. The first-order valence-corrected chi connectivity index (χ1v) is 12.2. The highest BCUT2D eigenvalue weighted by Crippen LogP contribution is 2.38. The molecule has 0 saturated carbocycles. The van der Waals surface area contributed by atoms with Gasteiger partial charge in [-0.3, -0.25) is 4.68 Å². The van der Waals surface area contributed by atoms with Crippen LogP contribution in [-0.2, 0) is 30.2 Å². The van der Waals surface area contributed by atoms with Gasteiger partial charge < -0.3 is 5.73 Å². The second-order valence-corrected chi connectivity index (χ2v) is 10.0. The van der Waals surface area contributed by atoms with Crippen molar-refractivity contribution in [1.82, 2.24) is 24.5 Å². The van der Waals surface area contributed by atoms with Crippen molar-refractivity contribution in [2.24, 2.45) is 7.05 Å². The van der Waals surface area contributed by atoms with Crippen LogP contribution in [-0.4, -0.2) is 34.2 Å². The van der Waals surface area contributed by atoms with Crippen molar-refractivity contribution < 1.29 is 17.6 Å². The van der Waals surface area contributed by atoms with Crippen LogP contribution in [0, 0.1) is 17.1 Å². The number of nitrogen functional groups attached to an aromatic ring is 1. The van der Waals surface area contributed by atoms with Gasteiger partial charge >= 0.3 is 16.2 Å². The average molecular weight is 497 g/mol. The second-order valence-electron chi connectivity index (χ2n) is 8.53. The number of aromatic nitrogens is 3. The SMILES string of the molecule is C[C@H]1CCc2cc(cnc2N)-c2c(nn(C)c2C#N)CN2C(=O)NS(=O)(=O)N2c2ccc(F)cc21. The number of urea groups is 1. The molecular weight excluding hydrogens is 475 g/mol. The lowest BCUT2D eigenvalue weighted by atomic mass is 9.92. The number of aryl methyl sites for hydroxylation is 2. The van der Waals surface area contributed by atoms with E-state index in [9.17, 15) is 22.9 Å². The van der Waals surface area contributed by atoms with Crippen molar-refractivity contribution >= 4 is 27.7 Å². The number of rotatable bonds is 0. The maximum atomic E-state index is 14.3. The number of nitriles is 1. The number of amides is 2. The molecule has 180 valence electrons. The van der Waals surface area contributed by atoms with Crippen LogP contribution in [0.25, 0.3) is 11.1 Å². The Labute approximate surface area is 200 Å². The van der Waals surface area contributed by atoms with Crippen LogP contribution in [0.15, 0.2) is 30.5 Å². The molecule has 13 heteroatoms. The normalized spacial score (nSPS) is 18.8. The molecule has 1 aromatic carbocycles. The molecule has 2 bridgehead atoms. The van der Waals surface area contributed by atoms with Gasteiger partial charge in [-0.1, -0.05) is 6.92 Å². The van der Waals surface area contributed by atoms with Crippen LogP contribution >= 0.6 is 0 Å². The fraction of sp³-hybridized carbons (Fsp3) is 0.273. The molecule has 2 aliphatic heterocycles. The van der Waals surface area contributed by atoms with Crippen molar-refractivity contribution in [1.29, 1.82) is 5.26 Å². The molecule has 1 atom stereocenters. The molecule has 4 heterocycles. The van der Waals surface area contributed by atoms with Crippen molar-refractivity contribution in [3.05, 3.63) is 58.8 Å². The summed E-state index contributed by atoms with van der Waals surface area (Å²) in [7, 11) is -2.73. The standard InChI is InChI=1S/C22H21FN8O3S/c1-12-3-4-13-7-14(10-26-21(13)25)20-17(27-29(2)19(20)9-24)11-30-22(32)28-35(33,34)31(30)18-6-5-15(23)8-16(12)18/h5-8,10,12H,3-4,11H2,1-2H3,(H2,25,26)(H,28,32)/t12-/m0/s1. The van der Waals surface area contributed by atoms with E-state index in [1.807, 2.05) is 17.7 Å². The number of hydrazine groups is 1. The van der Waals surface area contributed by atoms with Crippen LogP contribution in [0.3, 0.4) is 0 Å². The smallest absolute Gasteiger partial charge is 0.352 e. The summed E-state index contributed by atoms with van der Waals surface area (Å²) < 4.78 is 44.6. The zero-order valence-electron chi connectivity index (χ0n) is 18.9. The van der Waals surface area contributed by atoms with Crippen molar-refractivity contribution in [2.75, 3.05) is 10.1 Å². The number of carbonyl (C=O) groups excluding carboxylic acids is 1. The minimum absolute atomic E-state index is 0.146. The van der Waals surface area contributed by atoms with Gasteiger partial charge in [0.25, 0.3) is 0 Å². The van der Waals surface area contributed by atoms with E-state index in [1.54, 1.807) is 7.05 Å². The number of fused-ring (bicyclic) bond motifs is 7. The first kappa shape index (κ1) is 22.6. The third-order valence-electron chi connectivity index (χ3n) is 6.29. The Morgan fingerprint density at radius 3 is 2.83 bits per heavy atom. The first-order valence-electron chi connectivity index (χ1n) is 10.8. The monoisotopic (exact) mass is 496 g/mol. The Morgan fingerprint density at radius 2 is 2.09 bits per heavy atom. The summed E-state index contributed by atoms with van der Waals surface area (Å²) in [6, 6.07) is 6.79. The third kappa shape index (κ3) is 3.62. The summed E-state index contributed by atoms with van der Waals surface area (Å²) >= 11 is 0. The quantitative estimate of drug-likeness (QED) is 0.485. The lowest BCUT2D eigenvalue weighted by Crippen LogP contribution is -2.41. The zero-order valence-corrected chi connectivity index (χ0v) is 19.7. The molecule has 1 fully saturated rings. The third-order valence-corrected chi connectivity index (χ3v) is 7.57. The van der Waals surface area contributed by atoms with Gasteiger partial charge in [0.1, 0.15) is 23.4 Å². The van der Waals surface area contributed by atoms with Gasteiger partial charge in [0.15, 0.2) is 0 Å². The molecule has 1 saturated heterocycles. The maximum absolute atomic E-state index is 14.3. The molecule has 2 aromatic heterocycles. The lowest BCUT2D eigenvalue weighted by molar-refractivity contribution is 0.210. The van der Waals surface area contributed by atoms with E-state index in [2.05, 4.69) is 16.2 Å². The number of pyridine rings is 1. The molecule has 3 aromatic rings. The first-order chi connectivity index (χ1) is 16.6. The molecular formula is C22H21FN8O3S. The van der Waals surface area contributed by atoms with E-state index >= 15 is 0 Å². The molecule has 2 amide bonds. The van der Waals surface area contributed by atoms with E-state index < -0.39 is 22.1 Å². The lowest BCUT2D eigenvalue weighted by Gasteiger charge is -2.28. The summed E-state index contributed by atoms with van der Waals surface area (Å²) in [6.07, 6.45) is 2.48. The van der Waals surface area contributed by atoms with E-state index in [-0.39, 0.29) is 29.5 Å². The largest absolute Gasteiger partial charge is 0.383 e. The highest BCUT2D eigenvalue weighted by atomic mass is 32.2. The summed E-state index contributed by atoms with van der Waals surface area (Å²) in [5, 5.41) is 15.2. The van der Waals surface area contributed by atoms with Crippen LogP contribution in [0.4, 0.5) is 20.7 Å². The minimum atomic E-state index is -4.31. The number of nitrogens with zero attached hydrogens (tertiary/aromatic N) is 6. The van der Waals surface area contributed by atoms with Crippen LogP contribution < -0.4 is 14.9 Å². The fourth-order valence-corrected chi connectivity index (χ4v) is 5.79. The van der Waals surface area contributed by atoms with Gasteiger partial charge in [-0.15, -0.1) is 0 Å². The number of hydrogen-bond acceptors (Lipinski definition) is 7. The Hall–Kier alpha value is -4.18. The minimum Gasteiger partial charge on any atom is -0.383 e. The molecule has 11 nitrogen and oxygen atoms in total. The fourth-order valence-electron chi connectivity index (χ4n) is 4.56. The number of benzene rings is 1. The van der Waals surface area contributed by atoms with Gasteiger partial charge in [-0.2, -0.15) is 23.2 Å². The summed E-state index contributed by atoms with van der Waals surface area (Å²) in [4.78, 5) is 17.1. The molecule has 2 aliphatic rings. The number of halogens is 1. The molecule has 35 heavy (non-hydrogen) atoms. The van der Waals surface area contributed by atoms with Crippen molar-refractivity contribution in [2.45, 2.75) is 32.2 Å². The average Bonchev–Trinajstić information content (AvgIpc) is 3.23. The van der Waals surface area contributed by atoms with Gasteiger partial charge in [0.05, 0.1) is 17.9 Å². The van der Waals surface area contributed by atoms with E-state index in [0.717, 1.165) is 21.1 Å².